The first-order chi connectivity index (χ1) is 14.3. The quantitative estimate of drug-likeness (QED) is 0.542. The van der Waals surface area contributed by atoms with Gasteiger partial charge in [-0.3, -0.25) is 9.79 Å². The van der Waals surface area contributed by atoms with Gasteiger partial charge in [-0.1, -0.05) is 6.08 Å². The van der Waals surface area contributed by atoms with Crippen LogP contribution in [0.25, 0.3) is 5.57 Å². The highest BCUT2D eigenvalue weighted by Crippen LogP contribution is 2.20. The van der Waals surface area contributed by atoms with Crippen molar-refractivity contribution in [2.75, 3.05) is 18.4 Å². The monoisotopic (exact) mass is 410 g/mol. The van der Waals surface area contributed by atoms with Crippen molar-refractivity contribution in [3.05, 3.63) is 47.8 Å². The molecule has 0 aliphatic carbocycles. The number of nitriles is 1. The first-order valence-corrected chi connectivity index (χ1v) is 9.80. The number of likely N-dealkylation sites (tertiary alicyclic amines) is 1. The average molecular weight is 410 g/mol. The van der Waals surface area contributed by atoms with Crippen LogP contribution in [0.15, 0.2) is 41.4 Å². The number of rotatable bonds is 7. The Morgan fingerprint density at radius 1 is 1.47 bits per heavy atom. The highest BCUT2D eigenvalue weighted by molar-refractivity contribution is 5.93. The number of aryl methyl sites for hydroxylation is 1. The zero-order valence-electron chi connectivity index (χ0n) is 17.8. The third-order valence-corrected chi connectivity index (χ3v) is 4.66. The molecule has 0 bridgehead atoms. The summed E-state index contributed by atoms with van der Waals surface area (Å²) in [5, 5.41) is 12.1. The molecule has 2 rings (SSSR count). The Morgan fingerprint density at radius 2 is 2.23 bits per heavy atom. The van der Waals surface area contributed by atoms with Gasteiger partial charge in [0.15, 0.2) is 5.82 Å². The van der Waals surface area contributed by atoms with E-state index in [-0.39, 0.29) is 24.2 Å². The molecule has 8 heteroatoms. The van der Waals surface area contributed by atoms with Crippen molar-refractivity contribution in [3.8, 4) is 6.07 Å². The number of carbonyl (C=O) groups is 1. The zero-order chi connectivity index (χ0) is 22.1. The molecule has 0 spiro atoms. The first-order valence-electron chi connectivity index (χ1n) is 9.80. The van der Waals surface area contributed by atoms with Crippen LogP contribution < -0.4 is 5.32 Å². The fraction of sp³-hybridized carbons (Fsp3) is 0.409. The van der Waals surface area contributed by atoms with E-state index in [4.69, 9.17) is 5.26 Å². The third kappa shape index (κ3) is 6.62. The van der Waals surface area contributed by atoms with E-state index in [0.29, 0.717) is 30.4 Å². The van der Waals surface area contributed by atoms with Crippen molar-refractivity contribution in [1.82, 2.24) is 14.9 Å². The van der Waals surface area contributed by atoms with Gasteiger partial charge in [0.1, 0.15) is 18.1 Å². The van der Waals surface area contributed by atoms with E-state index in [1.54, 1.807) is 37.2 Å². The summed E-state index contributed by atoms with van der Waals surface area (Å²) in [6.45, 7) is 8.37. The molecule has 1 aliphatic rings. The Morgan fingerprint density at radius 3 is 2.93 bits per heavy atom. The Kier molecular flexibility index (Phi) is 8.41. The average Bonchev–Trinajstić information content (AvgIpc) is 3.20. The molecule has 1 unspecified atom stereocenters. The van der Waals surface area contributed by atoms with Gasteiger partial charge in [-0.05, 0) is 46.3 Å². The first kappa shape index (κ1) is 22.9. The normalized spacial score (nSPS) is 18.1. The minimum Gasteiger partial charge on any atom is -0.365 e. The van der Waals surface area contributed by atoms with Crippen LogP contribution in [-0.4, -0.2) is 45.6 Å². The molecule has 1 N–H and O–H groups in total. The van der Waals surface area contributed by atoms with E-state index >= 15 is 0 Å². The SMILES string of the molecule is C\C=C(F)/C=C\C(C)=N\C=C(/C)c1ncc(C)c(NC2CCN(C(=O)CC#N)C2)n1. The molecule has 158 valence electrons. The van der Waals surface area contributed by atoms with Gasteiger partial charge < -0.3 is 10.2 Å². The highest BCUT2D eigenvalue weighted by Gasteiger charge is 2.26. The summed E-state index contributed by atoms with van der Waals surface area (Å²) in [6, 6.07) is 1.97. The number of nitrogens with one attached hydrogen (secondary N) is 1. The Balaban J connectivity index is 2.09. The number of carbonyl (C=O) groups excluding carboxylic acids is 1. The summed E-state index contributed by atoms with van der Waals surface area (Å²) in [5.41, 5.74) is 2.33. The summed E-state index contributed by atoms with van der Waals surface area (Å²) >= 11 is 0. The maximum Gasteiger partial charge on any atom is 0.236 e. The molecule has 1 saturated heterocycles. The summed E-state index contributed by atoms with van der Waals surface area (Å²) in [7, 11) is 0. The second kappa shape index (κ2) is 11.0. The van der Waals surface area contributed by atoms with E-state index in [9.17, 15) is 9.18 Å². The molecule has 2 heterocycles. The number of aliphatic imine (C=N–C) groups is 1. The molecular weight excluding hydrogens is 383 g/mol. The fourth-order valence-corrected chi connectivity index (χ4v) is 2.85. The minimum atomic E-state index is -0.317. The standard InChI is InChI=1S/C22H27FN6O/c1-5-18(23)7-6-17(4)25-12-15(2)21-26-13-16(3)22(28-21)27-19-9-11-29(14-19)20(30)8-10-24/h5-7,12-13,19H,8-9,11,14H2,1-4H3,(H,26,27,28)/b7-6-,15-12+,18-5+,25-17+. The third-order valence-electron chi connectivity index (χ3n) is 4.66. The molecular formula is C22H27FN6O. The molecule has 7 nitrogen and oxygen atoms in total. The summed E-state index contributed by atoms with van der Waals surface area (Å²) in [4.78, 5) is 26.9. The zero-order valence-corrected chi connectivity index (χ0v) is 17.8. The van der Waals surface area contributed by atoms with Crippen LogP contribution in [-0.2, 0) is 4.79 Å². The lowest BCUT2D eigenvalue weighted by Gasteiger charge is -2.17. The number of halogens is 1. The van der Waals surface area contributed by atoms with Crippen LogP contribution in [0.4, 0.5) is 10.2 Å². The van der Waals surface area contributed by atoms with Crippen molar-refractivity contribution in [1.29, 1.82) is 5.26 Å². The van der Waals surface area contributed by atoms with Crippen molar-refractivity contribution in [2.24, 2.45) is 4.99 Å². The predicted molar refractivity (Wildman–Crippen MR) is 116 cm³/mol. The van der Waals surface area contributed by atoms with E-state index in [1.165, 1.54) is 12.2 Å². The lowest BCUT2D eigenvalue weighted by atomic mass is 10.2. The molecule has 30 heavy (non-hydrogen) atoms. The summed E-state index contributed by atoms with van der Waals surface area (Å²) < 4.78 is 13.2. The molecule has 0 saturated carbocycles. The Labute approximate surface area is 176 Å². The van der Waals surface area contributed by atoms with Crippen molar-refractivity contribution >= 4 is 23.0 Å². The van der Waals surface area contributed by atoms with Gasteiger partial charge in [0, 0.05) is 48.4 Å². The van der Waals surface area contributed by atoms with Gasteiger partial charge in [0.25, 0.3) is 0 Å². The smallest absolute Gasteiger partial charge is 0.236 e. The number of anilines is 1. The molecule has 1 aliphatic heterocycles. The predicted octanol–water partition coefficient (Wildman–Crippen LogP) is 3.96. The van der Waals surface area contributed by atoms with Gasteiger partial charge in [-0.25, -0.2) is 14.4 Å². The van der Waals surface area contributed by atoms with Crippen molar-refractivity contribution in [2.45, 2.75) is 46.6 Å². The molecule has 0 aromatic carbocycles. The van der Waals surface area contributed by atoms with Crippen LogP contribution in [0.1, 0.15) is 45.0 Å². The maximum atomic E-state index is 13.2. The molecule has 1 amide bonds. The van der Waals surface area contributed by atoms with Crippen LogP contribution in [0, 0.1) is 18.3 Å². The van der Waals surface area contributed by atoms with Crippen LogP contribution >= 0.6 is 0 Å². The number of aromatic nitrogens is 2. The van der Waals surface area contributed by atoms with Crippen molar-refractivity contribution in [3.63, 3.8) is 0 Å². The summed E-state index contributed by atoms with van der Waals surface area (Å²) in [5.74, 6) is 0.793. The number of hydrogen-bond acceptors (Lipinski definition) is 6. The topological polar surface area (TPSA) is 94.3 Å². The molecule has 1 atom stereocenters. The largest absolute Gasteiger partial charge is 0.365 e. The van der Waals surface area contributed by atoms with E-state index in [0.717, 1.165) is 17.6 Å². The van der Waals surface area contributed by atoms with Gasteiger partial charge in [0.2, 0.25) is 5.91 Å². The highest BCUT2D eigenvalue weighted by atomic mass is 19.1. The number of allylic oxidation sites excluding steroid dienone is 5. The van der Waals surface area contributed by atoms with Crippen LogP contribution in [0.3, 0.4) is 0 Å². The molecule has 1 fully saturated rings. The van der Waals surface area contributed by atoms with Crippen LogP contribution in [0.5, 0.6) is 0 Å². The Hall–Kier alpha value is -3.34. The minimum absolute atomic E-state index is 0.0743. The summed E-state index contributed by atoms with van der Waals surface area (Å²) in [6.07, 6.45) is 8.43. The van der Waals surface area contributed by atoms with E-state index in [1.807, 2.05) is 19.9 Å². The molecule has 1 aromatic heterocycles. The second-order valence-corrected chi connectivity index (χ2v) is 7.12. The molecule has 1 aromatic rings. The van der Waals surface area contributed by atoms with Gasteiger partial charge in [0.05, 0.1) is 6.07 Å². The number of hydrogen-bond donors (Lipinski definition) is 1. The molecule has 0 radical (unpaired) electrons. The number of nitrogens with zero attached hydrogens (tertiary/aromatic N) is 5. The van der Waals surface area contributed by atoms with Gasteiger partial charge >= 0.3 is 0 Å². The van der Waals surface area contributed by atoms with Gasteiger partial charge in [-0.2, -0.15) is 5.26 Å². The van der Waals surface area contributed by atoms with Crippen molar-refractivity contribution < 1.29 is 9.18 Å². The lowest BCUT2D eigenvalue weighted by Crippen LogP contribution is -2.31. The van der Waals surface area contributed by atoms with Crippen LogP contribution in [0.2, 0.25) is 0 Å². The number of amides is 1. The second-order valence-electron chi connectivity index (χ2n) is 7.12. The lowest BCUT2D eigenvalue weighted by molar-refractivity contribution is -0.129. The fourth-order valence-electron chi connectivity index (χ4n) is 2.85. The Bertz CT molecular complexity index is 941. The van der Waals surface area contributed by atoms with E-state index in [2.05, 4.69) is 20.3 Å². The maximum absolute atomic E-state index is 13.2. The van der Waals surface area contributed by atoms with Gasteiger partial charge in [-0.15, -0.1) is 0 Å². The van der Waals surface area contributed by atoms with E-state index < -0.39 is 0 Å².